The molecule has 0 fully saturated rings. The van der Waals surface area contributed by atoms with Crippen molar-refractivity contribution in [2.24, 2.45) is 5.92 Å². The fourth-order valence-electron chi connectivity index (χ4n) is 3.72. The minimum absolute atomic E-state index is 0.217. The topological polar surface area (TPSA) is 115 Å². The second kappa shape index (κ2) is 10.9. The van der Waals surface area contributed by atoms with Crippen LogP contribution in [0.1, 0.15) is 44.1 Å². The summed E-state index contributed by atoms with van der Waals surface area (Å²) < 4.78 is 0. The third-order valence-corrected chi connectivity index (χ3v) is 5.49. The zero-order chi connectivity index (χ0) is 23.1. The van der Waals surface area contributed by atoms with Gasteiger partial charge in [-0.2, -0.15) is 0 Å². The van der Waals surface area contributed by atoms with Crippen LogP contribution in [0.4, 0.5) is 0 Å². The maximum Gasteiger partial charge on any atom is 0.242 e. The molecular formula is C24H33N5O3. The van der Waals surface area contributed by atoms with Gasteiger partial charge in [0.15, 0.2) is 0 Å². The Morgan fingerprint density at radius 2 is 1.53 bits per heavy atom. The Balaban J connectivity index is 1.82. The van der Waals surface area contributed by atoms with Crippen LogP contribution in [0, 0.1) is 5.92 Å². The van der Waals surface area contributed by atoms with Gasteiger partial charge >= 0.3 is 0 Å². The van der Waals surface area contributed by atoms with Gasteiger partial charge in [-0.1, -0.05) is 44.2 Å². The second-order valence-corrected chi connectivity index (χ2v) is 8.77. The Morgan fingerprint density at radius 1 is 0.844 bits per heavy atom. The highest BCUT2D eigenvalue weighted by Crippen LogP contribution is 2.09. The third kappa shape index (κ3) is 6.68. The fourth-order valence-corrected chi connectivity index (χ4v) is 3.72. The minimum Gasteiger partial charge on any atom is -0.360 e. The van der Waals surface area contributed by atoms with Gasteiger partial charge < -0.3 is 20.9 Å². The lowest BCUT2D eigenvalue weighted by Gasteiger charge is -2.24. The molecule has 1 aliphatic heterocycles. The van der Waals surface area contributed by atoms with Crippen LogP contribution in [-0.4, -0.2) is 40.8 Å². The summed E-state index contributed by atoms with van der Waals surface area (Å²) in [6.07, 6.45) is 0.997. The molecule has 0 saturated carbocycles. The van der Waals surface area contributed by atoms with Crippen LogP contribution in [0.15, 0.2) is 42.5 Å². The smallest absolute Gasteiger partial charge is 0.242 e. The van der Waals surface area contributed by atoms with Crippen molar-refractivity contribution in [1.29, 1.82) is 0 Å². The molecule has 0 radical (unpaired) electrons. The van der Waals surface area contributed by atoms with Crippen LogP contribution < -0.4 is 21.3 Å². The molecule has 2 heterocycles. The number of carbonyl (C=O) groups is 3. The molecule has 3 atom stereocenters. The molecule has 2 bridgehead atoms. The van der Waals surface area contributed by atoms with Crippen molar-refractivity contribution in [3.8, 4) is 0 Å². The minimum atomic E-state index is -0.772. The predicted octanol–water partition coefficient (Wildman–Crippen LogP) is 1.38. The average Bonchev–Trinajstić information content (AvgIpc) is 3.21. The summed E-state index contributed by atoms with van der Waals surface area (Å²) in [6.45, 7) is 6.42. The van der Waals surface area contributed by atoms with Crippen LogP contribution >= 0.6 is 0 Å². The van der Waals surface area contributed by atoms with Crippen LogP contribution in [0.5, 0.6) is 0 Å². The van der Waals surface area contributed by atoms with Crippen molar-refractivity contribution in [2.75, 3.05) is 0 Å². The predicted molar refractivity (Wildman–Crippen MR) is 122 cm³/mol. The zero-order valence-electron chi connectivity index (χ0n) is 18.9. The maximum atomic E-state index is 13.1. The molecule has 0 aliphatic carbocycles. The normalized spacial score (nSPS) is 23.0. The largest absolute Gasteiger partial charge is 0.360 e. The molecule has 8 heteroatoms. The molecule has 5 N–H and O–H groups in total. The first-order valence-electron chi connectivity index (χ1n) is 11.1. The molecule has 8 nitrogen and oxygen atoms in total. The third-order valence-electron chi connectivity index (χ3n) is 5.49. The molecule has 0 spiro atoms. The first-order valence-corrected chi connectivity index (χ1v) is 11.1. The molecule has 2 aromatic rings. The standard InChI is InChI=1S/C24H33N5O3/c1-15(2)11-21-23(31)26-14-19-10-9-18(28-19)13-25-20(12-17-7-5-4-6-8-17)24(32)27-16(3)22(30)29-21/h4-10,15-16,20-21,25,28H,11-14H2,1-3H3,(H,26,31)(H,27,32)(H,29,30)/t16-,20-,21-/m0/s1. The fraction of sp³-hybridized carbons (Fsp3) is 0.458. The highest BCUT2D eigenvalue weighted by atomic mass is 16.2. The molecule has 32 heavy (non-hydrogen) atoms. The van der Waals surface area contributed by atoms with E-state index in [1.54, 1.807) is 6.92 Å². The van der Waals surface area contributed by atoms with Crippen molar-refractivity contribution in [3.05, 3.63) is 59.4 Å². The summed E-state index contributed by atoms with van der Waals surface area (Å²) in [5, 5.41) is 11.8. The molecule has 1 aromatic heterocycles. The number of hydrogen-bond donors (Lipinski definition) is 5. The first-order chi connectivity index (χ1) is 15.3. The van der Waals surface area contributed by atoms with Crippen molar-refractivity contribution in [2.45, 2.75) is 64.8 Å². The zero-order valence-corrected chi connectivity index (χ0v) is 18.9. The summed E-state index contributed by atoms with van der Waals surface area (Å²) in [5.74, 6) is -0.664. The van der Waals surface area contributed by atoms with Gasteiger partial charge in [-0.25, -0.2) is 0 Å². The van der Waals surface area contributed by atoms with Gasteiger partial charge in [0.1, 0.15) is 12.1 Å². The molecule has 172 valence electrons. The molecule has 0 unspecified atom stereocenters. The number of fused-ring (bicyclic) bond motifs is 2. The number of aromatic amines is 1. The average molecular weight is 440 g/mol. The van der Waals surface area contributed by atoms with E-state index in [1.807, 2.05) is 56.3 Å². The summed E-state index contributed by atoms with van der Waals surface area (Å²) in [4.78, 5) is 41.8. The highest BCUT2D eigenvalue weighted by molar-refractivity contribution is 5.92. The van der Waals surface area contributed by atoms with E-state index in [2.05, 4.69) is 26.3 Å². The van der Waals surface area contributed by atoms with Crippen LogP contribution in [0.25, 0.3) is 0 Å². The van der Waals surface area contributed by atoms with Crippen molar-refractivity contribution < 1.29 is 14.4 Å². The van der Waals surface area contributed by atoms with E-state index in [0.717, 1.165) is 17.0 Å². The van der Waals surface area contributed by atoms with Crippen LogP contribution in [-0.2, 0) is 33.9 Å². The van der Waals surface area contributed by atoms with E-state index in [4.69, 9.17) is 0 Å². The maximum absolute atomic E-state index is 13.1. The van der Waals surface area contributed by atoms with E-state index >= 15 is 0 Å². The van der Waals surface area contributed by atoms with Crippen molar-refractivity contribution >= 4 is 17.7 Å². The lowest BCUT2D eigenvalue weighted by Crippen LogP contribution is -2.55. The van der Waals surface area contributed by atoms with Gasteiger partial charge in [-0.15, -0.1) is 0 Å². The van der Waals surface area contributed by atoms with Crippen LogP contribution in [0.3, 0.4) is 0 Å². The van der Waals surface area contributed by atoms with Gasteiger partial charge in [0.05, 0.1) is 12.6 Å². The molecule has 1 aromatic carbocycles. The Hall–Kier alpha value is -3.13. The summed E-state index contributed by atoms with van der Waals surface area (Å²) in [5.41, 5.74) is 2.79. The van der Waals surface area contributed by atoms with Crippen molar-refractivity contribution in [1.82, 2.24) is 26.3 Å². The summed E-state index contributed by atoms with van der Waals surface area (Å²) in [6, 6.07) is 11.6. The van der Waals surface area contributed by atoms with E-state index in [-0.39, 0.29) is 23.6 Å². The van der Waals surface area contributed by atoms with Gasteiger partial charge in [0, 0.05) is 17.9 Å². The van der Waals surface area contributed by atoms with E-state index < -0.39 is 18.1 Å². The summed E-state index contributed by atoms with van der Waals surface area (Å²) in [7, 11) is 0. The van der Waals surface area contributed by atoms with E-state index in [9.17, 15) is 14.4 Å². The number of carbonyl (C=O) groups excluding carboxylic acids is 3. The highest BCUT2D eigenvalue weighted by Gasteiger charge is 2.27. The Bertz CT molecular complexity index is 925. The quantitative estimate of drug-likeness (QED) is 0.495. The lowest BCUT2D eigenvalue weighted by atomic mass is 10.0. The number of benzene rings is 1. The Kier molecular flexibility index (Phi) is 8.05. The van der Waals surface area contributed by atoms with Gasteiger partial charge in [-0.05, 0) is 43.4 Å². The molecular weight excluding hydrogens is 406 g/mol. The number of hydrogen-bond acceptors (Lipinski definition) is 4. The Morgan fingerprint density at radius 3 is 2.22 bits per heavy atom. The summed E-state index contributed by atoms with van der Waals surface area (Å²) >= 11 is 0. The van der Waals surface area contributed by atoms with E-state index in [0.29, 0.717) is 25.9 Å². The van der Waals surface area contributed by atoms with Gasteiger partial charge in [0.25, 0.3) is 0 Å². The molecule has 3 rings (SSSR count). The van der Waals surface area contributed by atoms with Gasteiger partial charge in [0.2, 0.25) is 17.7 Å². The van der Waals surface area contributed by atoms with E-state index in [1.165, 1.54) is 0 Å². The SMILES string of the molecule is CC(C)C[C@@H]1NC(=O)[C@H](C)NC(=O)[C@H](Cc2ccccc2)NCc2ccc([nH]2)CNC1=O. The van der Waals surface area contributed by atoms with Crippen LogP contribution in [0.2, 0.25) is 0 Å². The number of aromatic nitrogens is 1. The Labute approximate surface area is 188 Å². The number of rotatable bonds is 4. The number of nitrogens with one attached hydrogen (secondary N) is 5. The monoisotopic (exact) mass is 439 g/mol. The molecule has 0 saturated heterocycles. The lowest BCUT2D eigenvalue weighted by molar-refractivity contribution is -0.132. The second-order valence-electron chi connectivity index (χ2n) is 8.77. The first kappa shape index (κ1) is 23.5. The van der Waals surface area contributed by atoms with Gasteiger partial charge in [-0.3, -0.25) is 19.7 Å². The number of H-pyrrole nitrogens is 1. The van der Waals surface area contributed by atoms with Crippen molar-refractivity contribution in [3.63, 3.8) is 0 Å². The number of amides is 3. The molecule has 3 amide bonds. The molecule has 1 aliphatic rings.